The monoisotopic (exact) mass is 747 g/mol. The van der Waals surface area contributed by atoms with E-state index in [1.165, 1.54) is 49.6 Å². The van der Waals surface area contributed by atoms with Gasteiger partial charge in [0.1, 0.15) is 17.0 Å². The number of anilines is 1. The Kier molecular flexibility index (Phi) is 7.61. The van der Waals surface area contributed by atoms with Crippen molar-refractivity contribution in [2.75, 3.05) is 11.9 Å². The predicted molar refractivity (Wildman–Crippen MR) is 243 cm³/mol. The molecule has 58 heavy (non-hydrogen) atoms. The summed E-state index contributed by atoms with van der Waals surface area (Å²) < 4.78 is 8.99. The van der Waals surface area contributed by atoms with Gasteiger partial charge in [0.05, 0.1) is 22.4 Å². The normalized spacial score (nSPS) is 16.9. The molecule has 4 nitrogen and oxygen atoms in total. The number of aliphatic imine (C=N–C) groups is 1. The van der Waals surface area contributed by atoms with Crippen LogP contribution in [0.25, 0.3) is 66.1 Å². The van der Waals surface area contributed by atoms with E-state index in [0.29, 0.717) is 0 Å². The molecule has 4 heteroatoms. The van der Waals surface area contributed by atoms with Gasteiger partial charge < -0.3 is 13.9 Å². The van der Waals surface area contributed by atoms with E-state index in [1.54, 1.807) is 0 Å². The van der Waals surface area contributed by atoms with Gasteiger partial charge in [-0.3, -0.25) is 0 Å². The zero-order valence-corrected chi connectivity index (χ0v) is 33.0. The number of nitrogens with zero attached hydrogens (tertiary/aromatic N) is 3. The van der Waals surface area contributed by atoms with Crippen LogP contribution in [0.2, 0.25) is 0 Å². The fraction of sp³-hybridized carbons (Fsp3) is 0.0926. The fourth-order valence-electron chi connectivity index (χ4n) is 9.50. The van der Waals surface area contributed by atoms with Gasteiger partial charge in [0.25, 0.3) is 0 Å². The molecular formula is C54H41N3O. The molecule has 278 valence electrons. The summed E-state index contributed by atoms with van der Waals surface area (Å²) in [5.74, 6) is 0.919. The summed E-state index contributed by atoms with van der Waals surface area (Å²) in [4.78, 5) is 7.98. The average Bonchev–Trinajstić information content (AvgIpc) is 3.88. The van der Waals surface area contributed by atoms with Crippen molar-refractivity contribution in [2.45, 2.75) is 26.2 Å². The molecular weight excluding hydrogens is 707 g/mol. The molecule has 0 fully saturated rings. The molecule has 7 aromatic carbocycles. The number of benzene rings is 7. The molecule has 0 spiro atoms. The third-order valence-electron chi connectivity index (χ3n) is 12.3. The Hall–Kier alpha value is -7.17. The van der Waals surface area contributed by atoms with Crippen molar-refractivity contribution in [3.8, 4) is 16.8 Å². The van der Waals surface area contributed by atoms with Crippen LogP contribution in [0, 0.1) is 0 Å². The van der Waals surface area contributed by atoms with E-state index >= 15 is 0 Å². The molecule has 9 aromatic rings. The van der Waals surface area contributed by atoms with Gasteiger partial charge in [-0.1, -0.05) is 135 Å². The van der Waals surface area contributed by atoms with Crippen LogP contribution >= 0.6 is 0 Å². The molecule has 0 unspecified atom stereocenters. The van der Waals surface area contributed by atoms with Crippen LogP contribution in [0.5, 0.6) is 0 Å². The lowest BCUT2D eigenvalue weighted by atomic mass is 9.81. The first-order valence-corrected chi connectivity index (χ1v) is 20.1. The molecule has 0 saturated heterocycles. The first kappa shape index (κ1) is 34.1. The Morgan fingerprint density at radius 3 is 2.16 bits per heavy atom. The van der Waals surface area contributed by atoms with Gasteiger partial charge in [-0.2, -0.15) is 0 Å². The van der Waals surface area contributed by atoms with Crippen LogP contribution < -0.4 is 4.90 Å². The Labute approximate surface area is 338 Å². The van der Waals surface area contributed by atoms with Gasteiger partial charge in [0.15, 0.2) is 0 Å². The number of furan rings is 1. The van der Waals surface area contributed by atoms with Crippen LogP contribution in [0.15, 0.2) is 197 Å². The summed E-state index contributed by atoms with van der Waals surface area (Å²) in [6.45, 7) is 6.76. The highest BCUT2D eigenvalue weighted by atomic mass is 16.3. The van der Waals surface area contributed by atoms with E-state index in [4.69, 9.17) is 9.41 Å². The second kappa shape index (κ2) is 12.9. The van der Waals surface area contributed by atoms with E-state index in [0.717, 1.165) is 61.5 Å². The zero-order chi connectivity index (χ0) is 39.1. The summed E-state index contributed by atoms with van der Waals surface area (Å²) in [7, 11) is 2.15. The second-order valence-corrected chi connectivity index (χ2v) is 15.9. The molecule has 0 bridgehead atoms. The maximum Gasteiger partial charge on any atom is 0.144 e. The van der Waals surface area contributed by atoms with E-state index < -0.39 is 0 Å². The number of aromatic nitrogens is 1. The molecule has 0 amide bonds. The Morgan fingerprint density at radius 2 is 1.29 bits per heavy atom. The molecule has 0 atom stereocenters. The average molecular weight is 748 g/mol. The lowest BCUT2D eigenvalue weighted by Gasteiger charge is -2.31. The van der Waals surface area contributed by atoms with Crippen LogP contribution in [-0.4, -0.2) is 17.3 Å². The van der Waals surface area contributed by atoms with E-state index in [2.05, 4.69) is 201 Å². The van der Waals surface area contributed by atoms with Gasteiger partial charge in [0.2, 0.25) is 0 Å². The van der Waals surface area contributed by atoms with Crippen molar-refractivity contribution in [3.05, 3.63) is 210 Å². The molecule has 1 aliphatic heterocycles. The molecule has 2 aromatic heterocycles. The first-order valence-electron chi connectivity index (χ1n) is 20.1. The van der Waals surface area contributed by atoms with Crippen molar-refractivity contribution in [1.82, 2.24) is 4.57 Å². The molecule has 3 heterocycles. The van der Waals surface area contributed by atoms with Crippen LogP contribution in [0.3, 0.4) is 0 Å². The summed E-state index contributed by atoms with van der Waals surface area (Å²) in [5, 5.41) is 4.69. The largest absolute Gasteiger partial charge is 0.455 e. The third kappa shape index (κ3) is 4.98. The minimum absolute atomic E-state index is 0.269. The number of fused-ring (bicyclic) bond motifs is 8. The lowest BCUT2D eigenvalue weighted by Crippen LogP contribution is -2.26. The summed E-state index contributed by atoms with van der Waals surface area (Å²) in [5.41, 5.74) is 16.4. The van der Waals surface area contributed by atoms with Gasteiger partial charge in [-0.05, 0) is 89.3 Å². The number of para-hydroxylation sites is 5. The summed E-state index contributed by atoms with van der Waals surface area (Å²) in [6, 6.07) is 56.7. The number of hydrogen-bond acceptors (Lipinski definition) is 3. The molecule has 2 aliphatic rings. The molecule has 11 rings (SSSR count). The number of allylic oxidation sites excluding steroid dienone is 5. The standard InChI is InChI=1S/C54H41N3O/c1-5-6-24-45-50(53-55-51(40-21-11-13-25-46(40)56(53)4)41-23-16-22-39-38-20-12-15-27-49(38)58-52(39)41)43-33-34(28-30-44(43)54(45,2)3)35-29-31-48-42(32-35)37-19-10-14-26-47(37)57(48)36-17-8-7-9-18-36/h5-33H,1-4H3/b6-5-,45-24+,53-50-. The maximum absolute atomic E-state index is 6.62. The fourth-order valence-corrected chi connectivity index (χ4v) is 9.50. The summed E-state index contributed by atoms with van der Waals surface area (Å²) in [6.07, 6.45) is 6.56. The topological polar surface area (TPSA) is 33.7 Å². The van der Waals surface area contributed by atoms with E-state index in [1.807, 2.05) is 12.1 Å². The van der Waals surface area contributed by atoms with Crippen molar-refractivity contribution in [2.24, 2.45) is 4.99 Å². The number of rotatable bonds is 4. The first-order chi connectivity index (χ1) is 28.4. The Balaban J connectivity index is 1.15. The van der Waals surface area contributed by atoms with Crippen molar-refractivity contribution >= 4 is 60.7 Å². The van der Waals surface area contributed by atoms with Crippen molar-refractivity contribution in [3.63, 3.8) is 0 Å². The Bertz CT molecular complexity index is 3280. The smallest absolute Gasteiger partial charge is 0.144 e. The third-order valence-corrected chi connectivity index (χ3v) is 12.3. The van der Waals surface area contributed by atoms with Gasteiger partial charge in [0, 0.05) is 56.4 Å². The van der Waals surface area contributed by atoms with Gasteiger partial charge >= 0.3 is 0 Å². The minimum atomic E-state index is -0.269. The molecule has 0 N–H and O–H groups in total. The summed E-state index contributed by atoms with van der Waals surface area (Å²) >= 11 is 0. The molecule has 0 radical (unpaired) electrons. The maximum atomic E-state index is 6.62. The molecule has 1 aliphatic carbocycles. The van der Waals surface area contributed by atoms with E-state index in [-0.39, 0.29) is 5.41 Å². The second-order valence-electron chi connectivity index (χ2n) is 15.9. The van der Waals surface area contributed by atoms with Crippen molar-refractivity contribution in [1.29, 1.82) is 0 Å². The highest BCUT2D eigenvalue weighted by molar-refractivity contribution is 6.24. The minimum Gasteiger partial charge on any atom is -0.455 e. The van der Waals surface area contributed by atoms with Crippen LogP contribution in [0.4, 0.5) is 5.69 Å². The number of hydrogen-bond donors (Lipinski definition) is 0. The van der Waals surface area contributed by atoms with Crippen molar-refractivity contribution < 1.29 is 4.42 Å². The SMILES string of the molecule is C\C=C/C=C1\C(=C2\N=C(c3cccc4c3oc3ccccc34)c3ccccc3N2C)c2cc(-c3ccc4c(c3)c3ccccc3n4-c3ccccc3)ccc2C1(C)C. The van der Waals surface area contributed by atoms with Crippen LogP contribution in [0.1, 0.15) is 43.0 Å². The van der Waals surface area contributed by atoms with E-state index in [9.17, 15) is 0 Å². The predicted octanol–water partition coefficient (Wildman–Crippen LogP) is 13.8. The van der Waals surface area contributed by atoms with Crippen LogP contribution in [-0.2, 0) is 5.41 Å². The highest BCUT2D eigenvalue weighted by Crippen LogP contribution is 2.53. The zero-order valence-electron chi connectivity index (χ0n) is 33.0. The lowest BCUT2D eigenvalue weighted by molar-refractivity contribution is 0.660. The highest BCUT2D eigenvalue weighted by Gasteiger charge is 2.41. The Morgan fingerprint density at radius 1 is 0.603 bits per heavy atom. The quantitative estimate of drug-likeness (QED) is 0.180. The molecule has 0 saturated carbocycles. The van der Waals surface area contributed by atoms with Gasteiger partial charge in [-0.15, -0.1) is 0 Å². The van der Waals surface area contributed by atoms with Gasteiger partial charge in [-0.25, -0.2) is 4.99 Å².